The van der Waals surface area contributed by atoms with Crippen LogP contribution < -0.4 is 0 Å². The summed E-state index contributed by atoms with van der Waals surface area (Å²) in [6.07, 6.45) is 6.59. The van der Waals surface area contributed by atoms with Crippen molar-refractivity contribution in [2.45, 2.75) is 50.7 Å². The van der Waals surface area contributed by atoms with Crippen molar-refractivity contribution in [2.24, 2.45) is 0 Å². The van der Waals surface area contributed by atoms with E-state index in [0.29, 0.717) is 0 Å². The van der Waals surface area contributed by atoms with Gasteiger partial charge in [-0.2, -0.15) is 0 Å². The summed E-state index contributed by atoms with van der Waals surface area (Å²) in [5, 5.41) is 9.23. The van der Waals surface area contributed by atoms with Crippen molar-refractivity contribution in [1.29, 1.82) is 0 Å². The van der Waals surface area contributed by atoms with Gasteiger partial charge in [-0.3, -0.25) is 9.69 Å². The predicted molar refractivity (Wildman–Crippen MR) is 60.4 cm³/mol. The van der Waals surface area contributed by atoms with Crippen molar-refractivity contribution < 1.29 is 14.6 Å². The van der Waals surface area contributed by atoms with Crippen molar-refractivity contribution >= 4 is 5.97 Å². The van der Waals surface area contributed by atoms with Crippen LogP contribution >= 0.6 is 0 Å². The van der Waals surface area contributed by atoms with Gasteiger partial charge in [0.15, 0.2) is 0 Å². The predicted octanol–water partition coefficient (Wildman–Crippen LogP) is 1.49. The Bertz CT molecular complexity index is 238. The minimum atomic E-state index is -0.667. The van der Waals surface area contributed by atoms with Crippen LogP contribution in [0.15, 0.2) is 0 Å². The molecule has 0 radical (unpaired) electrons. The number of nitrogens with zero attached hydrogens (tertiary/aromatic N) is 1. The van der Waals surface area contributed by atoms with E-state index in [0.717, 1.165) is 58.2 Å². The molecule has 92 valence electrons. The van der Waals surface area contributed by atoms with Gasteiger partial charge in [-0.1, -0.05) is 12.8 Å². The molecule has 0 spiro atoms. The zero-order valence-electron chi connectivity index (χ0n) is 9.73. The molecule has 4 heteroatoms. The molecule has 0 saturated carbocycles. The number of ether oxygens (including phenoxy) is 1. The second-order valence-electron chi connectivity index (χ2n) is 4.83. The number of carbonyl (C=O) groups is 1. The SMILES string of the molecule is O=C(O)C1CCCCCN1CC1CCCO1. The van der Waals surface area contributed by atoms with Crippen LogP contribution in [0.3, 0.4) is 0 Å². The summed E-state index contributed by atoms with van der Waals surface area (Å²) in [6.45, 7) is 2.56. The number of hydrogen-bond acceptors (Lipinski definition) is 3. The van der Waals surface area contributed by atoms with Crippen molar-refractivity contribution in [3.63, 3.8) is 0 Å². The van der Waals surface area contributed by atoms with Gasteiger partial charge in [-0.25, -0.2) is 0 Å². The first-order chi connectivity index (χ1) is 7.77. The molecule has 0 aromatic carbocycles. The summed E-state index contributed by atoms with van der Waals surface area (Å²) in [4.78, 5) is 13.3. The van der Waals surface area contributed by atoms with Gasteiger partial charge >= 0.3 is 5.97 Å². The van der Waals surface area contributed by atoms with Crippen molar-refractivity contribution in [2.75, 3.05) is 19.7 Å². The highest BCUT2D eigenvalue weighted by molar-refractivity contribution is 5.73. The van der Waals surface area contributed by atoms with Crippen LogP contribution in [-0.4, -0.2) is 47.8 Å². The van der Waals surface area contributed by atoms with Crippen molar-refractivity contribution in [3.8, 4) is 0 Å². The van der Waals surface area contributed by atoms with Crippen molar-refractivity contribution in [3.05, 3.63) is 0 Å². The molecule has 0 aromatic heterocycles. The van der Waals surface area contributed by atoms with E-state index in [9.17, 15) is 9.90 Å². The van der Waals surface area contributed by atoms with Gasteiger partial charge in [0.25, 0.3) is 0 Å². The van der Waals surface area contributed by atoms with Gasteiger partial charge < -0.3 is 9.84 Å². The lowest BCUT2D eigenvalue weighted by Gasteiger charge is -2.28. The highest BCUT2D eigenvalue weighted by Gasteiger charge is 2.29. The molecule has 16 heavy (non-hydrogen) atoms. The molecule has 2 fully saturated rings. The Kier molecular flexibility index (Phi) is 4.18. The monoisotopic (exact) mass is 227 g/mol. The molecule has 0 aromatic rings. The van der Waals surface area contributed by atoms with Crippen LogP contribution in [0, 0.1) is 0 Å². The Morgan fingerprint density at radius 2 is 2.12 bits per heavy atom. The Hall–Kier alpha value is -0.610. The molecule has 2 aliphatic rings. The molecule has 2 aliphatic heterocycles. The second-order valence-corrected chi connectivity index (χ2v) is 4.83. The summed E-state index contributed by atoms with van der Waals surface area (Å²) in [6, 6.07) is -0.285. The van der Waals surface area contributed by atoms with E-state index < -0.39 is 5.97 Å². The standard InChI is InChI=1S/C12H21NO3/c14-12(15)11-6-2-1-3-7-13(11)9-10-5-4-8-16-10/h10-11H,1-9H2,(H,14,15). The molecule has 2 atom stereocenters. The Morgan fingerprint density at radius 1 is 1.25 bits per heavy atom. The maximum Gasteiger partial charge on any atom is 0.320 e. The van der Waals surface area contributed by atoms with Gasteiger partial charge in [-0.15, -0.1) is 0 Å². The Labute approximate surface area is 96.6 Å². The fourth-order valence-electron chi connectivity index (χ4n) is 2.72. The lowest BCUT2D eigenvalue weighted by Crippen LogP contribution is -2.44. The van der Waals surface area contributed by atoms with Crippen LogP contribution in [0.2, 0.25) is 0 Å². The summed E-state index contributed by atoms with van der Waals surface area (Å²) >= 11 is 0. The maximum absolute atomic E-state index is 11.2. The van der Waals surface area contributed by atoms with Crippen LogP contribution in [0.25, 0.3) is 0 Å². The number of likely N-dealkylation sites (tertiary alicyclic amines) is 1. The molecule has 2 saturated heterocycles. The third kappa shape index (κ3) is 2.95. The molecule has 0 aliphatic carbocycles. The van der Waals surface area contributed by atoms with Gasteiger partial charge in [-0.05, 0) is 32.2 Å². The summed E-state index contributed by atoms with van der Waals surface area (Å²) in [5.41, 5.74) is 0. The lowest BCUT2D eigenvalue weighted by atomic mass is 10.1. The van der Waals surface area contributed by atoms with E-state index in [1.165, 1.54) is 0 Å². The zero-order valence-corrected chi connectivity index (χ0v) is 9.73. The van der Waals surface area contributed by atoms with E-state index in [-0.39, 0.29) is 12.1 Å². The summed E-state index contributed by atoms with van der Waals surface area (Å²) in [5.74, 6) is -0.667. The molecular weight excluding hydrogens is 206 g/mol. The summed E-state index contributed by atoms with van der Waals surface area (Å²) < 4.78 is 5.59. The minimum absolute atomic E-state index is 0.264. The van der Waals surface area contributed by atoms with Crippen molar-refractivity contribution in [1.82, 2.24) is 4.90 Å². The number of carboxylic acid groups (broad SMARTS) is 1. The topological polar surface area (TPSA) is 49.8 Å². The number of hydrogen-bond donors (Lipinski definition) is 1. The fourth-order valence-corrected chi connectivity index (χ4v) is 2.72. The smallest absolute Gasteiger partial charge is 0.320 e. The van der Waals surface area contributed by atoms with E-state index in [4.69, 9.17) is 4.74 Å². The van der Waals surface area contributed by atoms with Gasteiger partial charge in [0.1, 0.15) is 6.04 Å². The van der Waals surface area contributed by atoms with Crippen LogP contribution in [-0.2, 0) is 9.53 Å². The largest absolute Gasteiger partial charge is 0.480 e. The van der Waals surface area contributed by atoms with E-state index >= 15 is 0 Å². The average Bonchev–Trinajstić information content (AvgIpc) is 2.63. The average molecular weight is 227 g/mol. The van der Waals surface area contributed by atoms with Crippen LogP contribution in [0.1, 0.15) is 38.5 Å². The molecule has 2 rings (SSSR count). The Balaban J connectivity index is 1.93. The fraction of sp³-hybridized carbons (Fsp3) is 0.917. The van der Waals surface area contributed by atoms with Crippen LogP contribution in [0.4, 0.5) is 0 Å². The zero-order chi connectivity index (χ0) is 11.4. The third-order valence-electron chi connectivity index (χ3n) is 3.61. The molecular formula is C12H21NO3. The lowest BCUT2D eigenvalue weighted by molar-refractivity contribution is -0.144. The molecule has 2 unspecified atom stereocenters. The highest BCUT2D eigenvalue weighted by Crippen LogP contribution is 2.20. The maximum atomic E-state index is 11.2. The number of rotatable bonds is 3. The number of carboxylic acids is 1. The first-order valence-corrected chi connectivity index (χ1v) is 6.36. The molecule has 4 nitrogen and oxygen atoms in total. The highest BCUT2D eigenvalue weighted by atomic mass is 16.5. The van der Waals surface area contributed by atoms with Crippen LogP contribution in [0.5, 0.6) is 0 Å². The van der Waals surface area contributed by atoms with Gasteiger partial charge in [0.05, 0.1) is 6.10 Å². The second kappa shape index (κ2) is 5.64. The minimum Gasteiger partial charge on any atom is -0.480 e. The first-order valence-electron chi connectivity index (χ1n) is 6.36. The first kappa shape index (κ1) is 11.9. The van der Waals surface area contributed by atoms with Gasteiger partial charge in [0, 0.05) is 13.2 Å². The van der Waals surface area contributed by atoms with E-state index in [1.807, 2.05) is 0 Å². The third-order valence-corrected chi connectivity index (χ3v) is 3.61. The molecule has 0 amide bonds. The normalized spacial score (nSPS) is 32.5. The molecule has 2 heterocycles. The quantitative estimate of drug-likeness (QED) is 0.793. The van der Waals surface area contributed by atoms with E-state index in [2.05, 4.69) is 4.90 Å². The molecule has 1 N–H and O–H groups in total. The molecule has 0 bridgehead atoms. The van der Waals surface area contributed by atoms with Gasteiger partial charge in [0.2, 0.25) is 0 Å². The Morgan fingerprint density at radius 3 is 2.81 bits per heavy atom. The number of aliphatic carboxylic acids is 1. The van der Waals surface area contributed by atoms with E-state index in [1.54, 1.807) is 0 Å². The summed E-state index contributed by atoms with van der Waals surface area (Å²) in [7, 11) is 0.